The minimum atomic E-state index is -1.29. The van der Waals surface area contributed by atoms with Crippen molar-refractivity contribution in [3.63, 3.8) is 0 Å². The molecule has 0 radical (unpaired) electrons. The number of nitrogens with zero attached hydrogens (tertiary/aromatic N) is 4. The van der Waals surface area contributed by atoms with E-state index in [1.54, 1.807) is 95.3 Å². The van der Waals surface area contributed by atoms with Crippen LogP contribution in [0.3, 0.4) is 0 Å². The van der Waals surface area contributed by atoms with Gasteiger partial charge in [-0.3, -0.25) is 35.7 Å². The van der Waals surface area contributed by atoms with Gasteiger partial charge in [0, 0.05) is 18.2 Å². The van der Waals surface area contributed by atoms with Gasteiger partial charge in [-0.05, 0) is 108 Å². The lowest BCUT2D eigenvalue weighted by Crippen LogP contribution is -2.27. The van der Waals surface area contributed by atoms with Crippen LogP contribution < -0.4 is 27.3 Å². The van der Waals surface area contributed by atoms with Crippen molar-refractivity contribution in [2.45, 2.75) is 61.0 Å². The second-order valence-electron chi connectivity index (χ2n) is 16.4. The smallest absolute Gasteiger partial charge is 0.412 e. The minimum absolute atomic E-state index is 0.0231. The Morgan fingerprint density at radius 1 is 0.533 bits per heavy atom. The first-order valence-electron chi connectivity index (χ1n) is 23.9. The molecule has 90 heavy (non-hydrogen) atoms. The zero-order valence-corrected chi connectivity index (χ0v) is 48.6. The lowest BCUT2D eigenvalue weighted by molar-refractivity contribution is -0.385. The van der Waals surface area contributed by atoms with Gasteiger partial charge in [0.05, 0.1) is 49.3 Å². The van der Waals surface area contributed by atoms with Gasteiger partial charge in [-0.15, -0.1) is 0 Å². The number of nitrogens with one attached hydrogen (secondary N) is 2. The van der Waals surface area contributed by atoms with Crippen LogP contribution in [-0.4, -0.2) is 102 Å². The van der Waals surface area contributed by atoms with Gasteiger partial charge in [-0.25, -0.2) is 14.4 Å². The number of carboxylic acids is 2. The Bertz CT molecular complexity index is 3460. The number of fused-ring (bicyclic) bond motifs is 1. The number of aromatic amines is 1. The van der Waals surface area contributed by atoms with Gasteiger partial charge in [0.25, 0.3) is 23.1 Å². The predicted molar refractivity (Wildman–Crippen MR) is 305 cm³/mol. The summed E-state index contributed by atoms with van der Waals surface area (Å²) >= 11 is 0. The topological polar surface area (TPSA) is 563 Å². The molecule has 476 valence electrons. The number of imidazole rings is 1. The van der Waals surface area contributed by atoms with Crippen molar-refractivity contribution in [2.75, 3.05) is 29.1 Å². The molecule has 7 rings (SSSR count). The van der Waals surface area contributed by atoms with Crippen LogP contribution >= 0.6 is 0 Å². The van der Waals surface area contributed by atoms with E-state index in [2.05, 4.69) is 15.3 Å². The number of aryl methyl sites for hydroxylation is 4. The quantitative estimate of drug-likeness (QED) is 0.0444. The summed E-state index contributed by atoms with van der Waals surface area (Å²) in [6, 6.07) is 35.1. The van der Waals surface area contributed by atoms with Crippen molar-refractivity contribution in [3.8, 4) is 6.01 Å². The summed E-state index contributed by atoms with van der Waals surface area (Å²) in [7, 11) is 0. The predicted octanol–water partition coefficient (Wildman–Crippen LogP) is 7.34. The SMILES string of the molecule is CCOc1nc2c(C)cccc2[nH]1.Cc1cccc(N)c1N.Cc1cccc([N+](=O)[O-])c1N.Cc1cccc([N+](=O)[O-])c1NC(=O)OC(C)(C)C.O=C(O)c1ccccc1.O=C(O)c1ccccc1[N+](=O)[O-].O=C=O.O=C=O.O=C=O.O=C=O.O=C=O.O=C=O. The van der Waals surface area contributed by atoms with Crippen LogP contribution in [0, 0.1) is 58.0 Å². The van der Waals surface area contributed by atoms with Crippen LogP contribution in [0.15, 0.2) is 127 Å². The fourth-order valence-electron chi connectivity index (χ4n) is 5.65. The summed E-state index contributed by atoms with van der Waals surface area (Å²) in [5.41, 5.74) is 22.7. The van der Waals surface area contributed by atoms with E-state index in [9.17, 15) is 44.7 Å². The summed E-state index contributed by atoms with van der Waals surface area (Å²) < 4.78 is 10.3. The molecule has 0 saturated heterocycles. The third-order valence-electron chi connectivity index (χ3n) is 9.25. The molecule has 0 unspecified atom stereocenters. The van der Waals surface area contributed by atoms with Gasteiger partial charge in [0.1, 0.15) is 22.5 Å². The minimum Gasteiger partial charge on any atom is -0.478 e. The van der Waals surface area contributed by atoms with Crippen molar-refractivity contribution in [1.82, 2.24) is 9.97 Å². The Labute approximate surface area is 508 Å². The number of nitrogen functional groups attached to an aromatic ring is 3. The van der Waals surface area contributed by atoms with Crippen molar-refractivity contribution < 1.29 is 106 Å². The summed E-state index contributed by atoms with van der Waals surface area (Å²) in [6.07, 6.45) is 0.792. The number of nitro benzene ring substituents is 3. The number of carbonyl (C=O) groups is 3. The third kappa shape index (κ3) is 39.2. The van der Waals surface area contributed by atoms with Crippen molar-refractivity contribution in [2.24, 2.45) is 0 Å². The van der Waals surface area contributed by atoms with E-state index in [0.29, 0.717) is 35.1 Å². The summed E-state index contributed by atoms with van der Waals surface area (Å²) in [4.78, 5) is 167. The number of para-hydroxylation sites is 5. The fraction of sp³-hybridized carbons (Fsp3) is 0.179. The van der Waals surface area contributed by atoms with Crippen LogP contribution in [-0.2, 0) is 62.3 Å². The standard InChI is InChI=1S/C12H16N2O4.C10H12N2O.C7H8N2O2.C7H10N2.C7H5NO4.C7H6O2.6CO2/c1-8-6-5-7-9(14(16)17)10(8)13-11(15)18-12(2,3)4;1-3-13-10-11-8-6-4-5-7(2)9(8)12-10;1-5-3-2-4-6(7(5)8)9(10)11;1-5-3-2-4-6(8)7(5)9;9-7(10)5-3-1-2-4-6(5)8(11)12;8-7(9)6-4-2-1-3-5-6;6*2-1-3/h5-7H,1-4H3,(H,13,15);4-6H,3H2,1-2H3,(H,11,12);2-4H,8H2,1H3;2-4H,8-9H2,1H3;1-4H,(H,9,10);1-5H,(H,8,9);;;;;;. The van der Waals surface area contributed by atoms with Crippen LogP contribution in [0.4, 0.5) is 44.6 Å². The van der Waals surface area contributed by atoms with Gasteiger partial charge in [0.15, 0.2) is 0 Å². The molecular formula is C56H57N9O25. The number of anilines is 4. The Balaban J connectivity index is -0.000000307. The number of aromatic nitrogens is 2. The maximum Gasteiger partial charge on any atom is 0.412 e. The number of hydrogen-bond donors (Lipinski definition) is 7. The molecule has 0 saturated carbocycles. The number of carbonyl (C=O) groups excluding carboxylic acids is 13. The number of carboxylic acid groups (broad SMARTS) is 2. The number of amides is 1. The Hall–Kier alpha value is -13.3. The number of rotatable bonds is 8. The molecule has 34 nitrogen and oxygen atoms in total. The number of ether oxygens (including phenoxy) is 2. The molecule has 10 N–H and O–H groups in total. The largest absolute Gasteiger partial charge is 0.478 e. The van der Waals surface area contributed by atoms with Crippen LogP contribution in [0.2, 0.25) is 0 Å². The normalized spacial score (nSPS) is 8.49. The Kier molecular flexibility index (Phi) is 47.7. The second kappa shape index (κ2) is 50.2. The first-order valence-corrected chi connectivity index (χ1v) is 23.9. The first-order chi connectivity index (χ1) is 42.3. The molecule has 0 aliphatic heterocycles. The molecule has 7 aromatic rings. The van der Waals surface area contributed by atoms with Crippen molar-refractivity contribution in [3.05, 3.63) is 191 Å². The number of nitrogens with two attached hydrogens (primary N) is 3. The van der Waals surface area contributed by atoms with Crippen LogP contribution in [0.1, 0.15) is 70.7 Å². The number of nitro groups is 3. The Morgan fingerprint density at radius 3 is 1.29 bits per heavy atom. The van der Waals surface area contributed by atoms with Gasteiger partial charge in [-0.1, -0.05) is 78.9 Å². The van der Waals surface area contributed by atoms with E-state index in [4.69, 9.17) is 94.4 Å². The molecule has 0 aliphatic rings. The number of aromatic carboxylic acids is 2. The molecule has 0 aliphatic carbocycles. The molecule has 0 atom stereocenters. The summed E-state index contributed by atoms with van der Waals surface area (Å²) in [6.45, 7) is 15.1. The van der Waals surface area contributed by atoms with E-state index in [0.717, 1.165) is 28.2 Å². The highest BCUT2D eigenvalue weighted by Crippen LogP contribution is 2.28. The summed E-state index contributed by atoms with van der Waals surface area (Å²) in [5.74, 6) is -2.17. The molecule has 0 bridgehead atoms. The maximum absolute atomic E-state index is 11.6. The average molecular weight is 1260 g/mol. The highest BCUT2D eigenvalue weighted by atomic mass is 16.6. The maximum atomic E-state index is 11.6. The van der Waals surface area contributed by atoms with E-state index >= 15 is 0 Å². The highest BCUT2D eigenvalue weighted by Gasteiger charge is 2.22. The lowest BCUT2D eigenvalue weighted by atomic mass is 10.1. The number of hydrogen-bond acceptors (Lipinski definition) is 27. The highest BCUT2D eigenvalue weighted by molar-refractivity contribution is 5.92. The van der Waals surface area contributed by atoms with Gasteiger partial charge in [-0.2, -0.15) is 62.5 Å². The van der Waals surface area contributed by atoms with Crippen molar-refractivity contribution in [1.29, 1.82) is 0 Å². The van der Waals surface area contributed by atoms with E-state index in [1.807, 2.05) is 51.1 Å². The van der Waals surface area contributed by atoms with Gasteiger partial charge in [0.2, 0.25) is 0 Å². The lowest BCUT2D eigenvalue weighted by Gasteiger charge is -2.20. The van der Waals surface area contributed by atoms with Crippen LogP contribution in [0.5, 0.6) is 6.01 Å². The zero-order chi connectivity index (χ0) is 70.5. The molecule has 1 amide bonds. The molecule has 34 heteroatoms. The first kappa shape index (κ1) is 85.5. The van der Waals surface area contributed by atoms with E-state index in [-0.39, 0.29) is 70.9 Å². The molecule has 0 spiro atoms. The van der Waals surface area contributed by atoms with Crippen LogP contribution in [0.25, 0.3) is 11.0 Å². The fourth-order valence-corrected chi connectivity index (χ4v) is 5.65. The second-order valence-corrected chi connectivity index (χ2v) is 16.4. The van der Waals surface area contributed by atoms with Crippen molar-refractivity contribution >= 4 is 106 Å². The zero-order valence-electron chi connectivity index (χ0n) is 48.6. The number of benzene rings is 6. The molecule has 1 heterocycles. The Morgan fingerprint density at radius 2 is 0.922 bits per heavy atom. The van der Waals surface area contributed by atoms with Gasteiger partial charge >= 0.3 is 54.9 Å². The van der Waals surface area contributed by atoms with E-state index in [1.165, 1.54) is 35.9 Å². The average Bonchev–Trinajstić information content (AvgIpc) is 1.85. The molecule has 0 fully saturated rings. The van der Waals surface area contributed by atoms with Gasteiger partial charge < -0.3 is 41.9 Å². The monoisotopic (exact) mass is 1260 g/mol. The van der Waals surface area contributed by atoms with E-state index < -0.39 is 38.4 Å². The molecule has 6 aromatic carbocycles. The molecular weight excluding hydrogens is 1200 g/mol. The number of H-pyrrole nitrogens is 1. The molecule has 1 aromatic heterocycles. The third-order valence-corrected chi connectivity index (χ3v) is 9.25. The summed E-state index contributed by atoms with van der Waals surface area (Å²) in [5, 5.41) is 50.7.